The van der Waals surface area contributed by atoms with Gasteiger partial charge in [0.25, 0.3) is 5.91 Å². The molecular weight excluding hydrogens is 326 g/mol. The number of aryl methyl sites for hydroxylation is 1. The third kappa shape index (κ3) is 3.40. The van der Waals surface area contributed by atoms with Crippen molar-refractivity contribution in [1.82, 2.24) is 0 Å². The molecule has 0 fully saturated rings. The molecule has 0 spiro atoms. The van der Waals surface area contributed by atoms with Gasteiger partial charge in [-0.05, 0) is 48.4 Å². The number of ether oxygens (including phenoxy) is 2. The van der Waals surface area contributed by atoms with Crippen LogP contribution in [0.2, 0.25) is 0 Å². The third-order valence-corrected chi connectivity index (χ3v) is 4.30. The average molecular weight is 345 g/mol. The fraction of sp³-hybridized carbons (Fsp3) is 0.136. The van der Waals surface area contributed by atoms with E-state index in [0.717, 1.165) is 22.6 Å². The largest absolute Gasteiger partial charge is 0.480 e. The van der Waals surface area contributed by atoms with Gasteiger partial charge in [-0.2, -0.15) is 0 Å². The standard InChI is InChI=1S/C22H19NO3/c1-15-7-6-9-17(13-15)25-20-12-5-3-10-18(20)23-22(24)21-14-16-8-2-4-11-19(16)26-21/h2-13,21H,14H2,1H3,(H,23,24)/t21-/m0/s1. The molecule has 3 aromatic carbocycles. The van der Waals surface area contributed by atoms with Crippen molar-refractivity contribution in [1.29, 1.82) is 0 Å². The number of carbonyl (C=O) groups is 1. The minimum atomic E-state index is -0.528. The molecule has 1 aliphatic rings. The van der Waals surface area contributed by atoms with E-state index in [2.05, 4.69) is 5.32 Å². The summed E-state index contributed by atoms with van der Waals surface area (Å²) in [5.41, 5.74) is 2.79. The summed E-state index contributed by atoms with van der Waals surface area (Å²) in [7, 11) is 0. The predicted octanol–water partition coefficient (Wildman–Crippen LogP) is 4.73. The van der Waals surface area contributed by atoms with Crippen LogP contribution in [0.4, 0.5) is 5.69 Å². The molecule has 0 bridgehead atoms. The quantitative estimate of drug-likeness (QED) is 0.744. The third-order valence-electron chi connectivity index (χ3n) is 4.30. The fourth-order valence-corrected chi connectivity index (χ4v) is 3.01. The van der Waals surface area contributed by atoms with Crippen LogP contribution in [-0.4, -0.2) is 12.0 Å². The van der Waals surface area contributed by atoms with Gasteiger partial charge in [0, 0.05) is 6.42 Å². The Morgan fingerprint density at radius 3 is 2.69 bits per heavy atom. The zero-order valence-electron chi connectivity index (χ0n) is 14.4. The maximum Gasteiger partial charge on any atom is 0.265 e. The lowest BCUT2D eigenvalue weighted by molar-refractivity contribution is -0.122. The maximum atomic E-state index is 12.7. The molecular formula is C22H19NO3. The van der Waals surface area contributed by atoms with E-state index in [1.165, 1.54) is 0 Å². The zero-order chi connectivity index (χ0) is 17.9. The van der Waals surface area contributed by atoms with Crippen molar-refractivity contribution in [3.8, 4) is 17.2 Å². The Bertz CT molecular complexity index is 926. The van der Waals surface area contributed by atoms with Crippen molar-refractivity contribution in [2.75, 3.05) is 5.32 Å². The summed E-state index contributed by atoms with van der Waals surface area (Å²) >= 11 is 0. The summed E-state index contributed by atoms with van der Waals surface area (Å²) in [5.74, 6) is 1.93. The Morgan fingerprint density at radius 2 is 1.85 bits per heavy atom. The van der Waals surface area contributed by atoms with Gasteiger partial charge in [0.2, 0.25) is 0 Å². The topological polar surface area (TPSA) is 47.6 Å². The van der Waals surface area contributed by atoms with E-state index >= 15 is 0 Å². The number of rotatable bonds is 4. The first-order valence-electron chi connectivity index (χ1n) is 8.58. The van der Waals surface area contributed by atoms with Crippen LogP contribution < -0.4 is 14.8 Å². The highest BCUT2D eigenvalue weighted by Crippen LogP contribution is 2.32. The molecule has 0 aromatic heterocycles. The molecule has 1 heterocycles. The Kier molecular flexibility index (Phi) is 4.32. The maximum absolute atomic E-state index is 12.7. The Hall–Kier alpha value is -3.27. The number of anilines is 1. The van der Waals surface area contributed by atoms with Crippen LogP contribution in [0.15, 0.2) is 72.8 Å². The lowest BCUT2D eigenvalue weighted by Gasteiger charge is -2.15. The SMILES string of the molecule is Cc1cccc(Oc2ccccc2NC(=O)[C@@H]2Cc3ccccc3O2)c1. The van der Waals surface area contributed by atoms with E-state index in [0.29, 0.717) is 17.9 Å². The van der Waals surface area contributed by atoms with Gasteiger partial charge in [-0.15, -0.1) is 0 Å². The molecule has 1 atom stereocenters. The number of fused-ring (bicyclic) bond motifs is 1. The Labute approximate surface area is 152 Å². The van der Waals surface area contributed by atoms with Crippen molar-refractivity contribution in [2.45, 2.75) is 19.4 Å². The van der Waals surface area contributed by atoms with E-state index in [1.54, 1.807) is 0 Å². The average Bonchev–Trinajstić information content (AvgIpc) is 3.08. The number of amides is 1. The van der Waals surface area contributed by atoms with Crippen LogP contribution >= 0.6 is 0 Å². The van der Waals surface area contributed by atoms with Gasteiger partial charge >= 0.3 is 0 Å². The molecule has 130 valence electrons. The zero-order valence-corrected chi connectivity index (χ0v) is 14.4. The molecule has 26 heavy (non-hydrogen) atoms. The van der Waals surface area contributed by atoms with Gasteiger partial charge in [-0.25, -0.2) is 0 Å². The van der Waals surface area contributed by atoms with Crippen molar-refractivity contribution in [3.63, 3.8) is 0 Å². The molecule has 1 amide bonds. The molecule has 4 rings (SSSR count). The van der Waals surface area contributed by atoms with Crippen molar-refractivity contribution in [2.24, 2.45) is 0 Å². The van der Waals surface area contributed by atoms with Crippen molar-refractivity contribution >= 4 is 11.6 Å². The second-order valence-corrected chi connectivity index (χ2v) is 6.32. The second-order valence-electron chi connectivity index (χ2n) is 6.32. The second kappa shape index (κ2) is 6.92. The summed E-state index contributed by atoms with van der Waals surface area (Å²) in [4.78, 5) is 12.7. The fourth-order valence-electron chi connectivity index (χ4n) is 3.01. The molecule has 4 nitrogen and oxygen atoms in total. The first-order chi connectivity index (χ1) is 12.7. The Balaban J connectivity index is 1.49. The van der Waals surface area contributed by atoms with Crippen LogP contribution in [0.5, 0.6) is 17.2 Å². The molecule has 0 saturated carbocycles. The number of nitrogens with one attached hydrogen (secondary N) is 1. The van der Waals surface area contributed by atoms with E-state index in [1.807, 2.05) is 79.7 Å². The van der Waals surface area contributed by atoms with Gasteiger partial charge < -0.3 is 14.8 Å². The van der Waals surface area contributed by atoms with E-state index in [4.69, 9.17) is 9.47 Å². The molecule has 4 heteroatoms. The van der Waals surface area contributed by atoms with Crippen LogP contribution in [0.25, 0.3) is 0 Å². The van der Waals surface area contributed by atoms with Crippen molar-refractivity contribution in [3.05, 3.63) is 83.9 Å². The lowest BCUT2D eigenvalue weighted by Crippen LogP contribution is -2.31. The Morgan fingerprint density at radius 1 is 1.04 bits per heavy atom. The minimum absolute atomic E-state index is 0.179. The highest BCUT2D eigenvalue weighted by molar-refractivity contribution is 5.96. The molecule has 0 saturated heterocycles. The molecule has 0 aliphatic carbocycles. The van der Waals surface area contributed by atoms with Gasteiger partial charge in [-0.1, -0.05) is 42.5 Å². The number of para-hydroxylation sites is 3. The minimum Gasteiger partial charge on any atom is -0.480 e. The predicted molar refractivity (Wildman–Crippen MR) is 101 cm³/mol. The first-order valence-corrected chi connectivity index (χ1v) is 8.58. The highest BCUT2D eigenvalue weighted by Gasteiger charge is 2.29. The summed E-state index contributed by atoms with van der Waals surface area (Å²) < 4.78 is 11.7. The smallest absolute Gasteiger partial charge is 0.265 e. The lowest BCUT2D eigenvalue weighted by atomic mass is 10.1. The van der Waals surface area contributed by atoms with E-state index in [9.17, 15) is 4.79 Å². The summed E-state index contributed by atoms with van der Waals surface area (Å²) in [6.07, 6.45) is 0.0440. The number of carbonyl (C=O) groups excluding carboxylic acids is 1. The first kappa shape index (κ1) is 16.2. The van der Waals surface area contributed by atoms with Crippen LogP contribution in [0, 0.1) is 6.92 Å². The van der Waals surface area contributed by atoms with Crippen LogP contribution in [0.1, 0.15) is 11.1 Å². The summed E-state index contributed by atoms with van der Waals surface area (Å²) in [6.45, 7) is 2.01. The van der Waals surface area contributed by atoms with E-state index in [-0.39, 0.29) is 5.91 Å². The molecule has 0 radical (unpaired) electrons. The monoisotopic (exact) mass is 345 g/mol. The summed E-state index contributed by atoms with van der Waals surface area (Å²) in [5, 5.41) is 2.93. The molecule has 1 aliphatic heterocycles. The molecule has 3 aromatic rings. The van der Waals surface area contributed by atoms with Gasteiger partial charge in [-0.3, -0.25) is 4.79 Å². The summed E-state index contributed by atoms with van der Waals surface area (Å²) in [6, 6.07) is 22.9. The van der Waals surface area contributed by atoms with Gasteiger partial charge in [0.15, 0.2) is 11.9 Å². The number of hydrogen-bond acceptors (Lipinski definition) is 3. The normalized spacial score (nSPS) is 15.0. The van der Waals surface area contributed by atoms with Crippen LogP contribution in [0.3, 0.4) is 0 Å². The van der Waals surface area contributed by atoms with Crippen molar-refractivity contribution < 1.29 is 14.3 Å². The van der Waals surface area contributed by atoms with E-state index < -0.39 is 6.10 Å². The number of benzene rings is 3. The van der Waals surface area contributed by atoms with Gasteiger partial charge in [0.05, 0.1) is 5.69 Å². The highest BCUT2D eigenvalue weighted by atomic mass is 16.5. The number of hydrogen-bond donors (Lipinski definition) is 1. The van der Waals surface area contributed by atoms with Gasteiger partial charge in [0.1, 0.15) is 11.5 Å². The van der Waals surface area contributed by atoms with Crippen LogP contribution in [-0.2, 0) is 11.2 Å². The molecule has 0 unspecified atom stereocenters. The molecule has 1 N–H and O–H groups in total.